The Morgan fingerprint density at radius 2 is 1.80 bits per heavy atom. The lowest BCUT2D eigenvalue weighted by Crippen LogP contribution is -2.31. The summed E-state index contributed by atoms with van der Waals surface area (Å²) in [6.07, 6.45) is 10.3. The number of hydrogen-bond donors (Lipinski definition) is 0. The molecule has 0 aromatic rings. The van der Waals surface area contributed by atoms with Gasteiger partial charge in [0.05, 0.1) is 6.10 Å². The van der Waals surface area contributed by atoms with Crippen LogP contribution in [0, 0.1) is 17.8 Å². The van der Waals surface area contributed by atoms with E-state index in [9.17, 15) is 0 Å². The van der Waals surface area contributed by atoms with Gasteiger partial charge in [-0.3, -0.25) is 0 Å². The summed E-state index contributed by atoms with van der Waals surface area (Å²) >= 11 is 0. The zero-order chi connectivity index (χ0) is 10.7. The van der Waals surface area contributed by atoms with Crippen molar-refractivity contribution in [3.8, 4) is 0 Å². The van der Waals surface area contributed by atoms with E-state index in [4.69, 9.17) is 4.74 Å². The highest BCUT2D eigenvalue weighted by atomic mass is 16.5. The zero-order valence-corrected chi connectivity index (χ0v) is 10.4. The maximum absolute atomic E-state index is 5.94. The quantitative estimate of drug-likeness (QED) is 0.666. The van der Waals surface area contributed by atoms with E-state index in [-0.39, 0.29) is 0 Å². The lowest BCUT2D eigenvalue weighted by molar-refractivity contribution is 0.0212. The third-order valence-electron chi connectivity index (χ3n) is 4.48. The summed E-state index contributed by atoms with van der Waals surface area (Å²) in [5, 5.41) is 0. The van der Waals surface area contributed by atoms with Gasteiger partial charge in [0, 0.05) is 6.61 Å². The zero-order valence-electron chi connectivity index (χ0n) is 10.4. The van der Waals surface area contributed by atoms with Crippen molar-refractivity contribution in [3.63, 3.8) is 0 Å². The third kappa shape index (κ3) is 2.96. The first-order valence-electron chi connectivity index (χ1n) is 6.89. The van der Waals surface area contributed by atoms with Crippen LogP contribution in [0.15, 0.2) is 0 Å². The van der Waals surface area contributed by atoms with Gasteiger partial charge in [-0.1, -0.05) is 26.7 Å². The molecule has 0 saturated heterocycles. The van der Waals surface area contributed by atoms with Crippen molar-refractivity contribution < 1.29 is 4.74 Å². The molecule has 0 bridgehead atoms. The van der Waals surface area contributed by atoms with E-state index in [0.29, 0.717) is 6.10 Å². The second-order valence-electron chi connectivity index (χ2n) is 5.81. The van der Waals surface area contributed by atoms with Crippen LogP contribution >= 0.6 is 0 Å². The van der Waals surface area contributed by atoms with Crippen LogP contribution in [0.1, 0.15) is 58.8 Å². The molecule has 0 heterocycles. The first kappa shape index (κ1) is 11.4. The lowest BCUT2D eigenvalue weighted by atomic mass is 9.67. The van der Waals surface area contributed by atoms with Gasteiger partial charge in [-0.05, 0) is 49.9 Å². The summed E-state index contributed by atoms with van der Waals surface area (Å²) in [7, 11) is 0. The van der Waals surface area contributed by atoms with Gasteiger partial charge in [-0.25, -0.2) is 0 Å². The predicted octanol–water partition coefficient (Wildman–Crippen LogP) is 4.02. The number of ether oxygens (including phenoxy) is 1. The maximum atomic E-state index is 5.94. The molecule has 0 N–H and O–H groups in total. The number of rotatable bonds is 5. The highest BCUT2D eigenvalue weighted by Crippen LogP contribution is 2.41. The second kappa shape index (κ2) is 5.34. The van der Waals surface area contributed by atoms with Gasteiger partial charge in [0.2, 0.25) is 0 Å². The first-order chi connectivity index (χ1) is 7.27. The van der Waals surface area contributed by atoms with E-state index in [1.807, 2.05) is 0 Å². The third-order valence-corrected chi connectivity index (χ3v) is 4.48. The Labute approximate surface area is 94.6 Å². The molecule has 0 aliphatic heterocycles. The van der Waals surface area contributed by atoms with Crippen LogP contribution in [-0.4, -0.2) is 12.7 Å². The Kier molecular flexibility index (Phi) is 4.07. The van der Waals surface area contributed by atoms with E-state index >= 15 is 0 Å². The van der Waals surface area contributed by atoms with Crippen LogP contribution in [0.3, 0.4) is 0 Å². The van der Waals surface area contributed by atoms with Gasteiger partial charge in [-0.15, -0.1) is 0 Å². The van der Waals surface area contributed by atoms with Crippen molar-refractivity contribution >= 4 is 0 Å². The highest BCUT2D eigenvalue weighted by Gasteiger charge is 2.32. The largest absolute Gasteiger partial charge is 0.378 e. The Bertz CT molecular complexity index is 182. The van der Waals surface area contributed by atoms with E-state index in [1.54, 1.807) is 0 Å². The van der Waals surface area contributed by atoms with Crippen molar-refractivity contribution in [1.82, 2.24) is 0 Å². The van der Waals surface area contributed by atoms with Crippen molar-refractivity contribution in [2.24, 2.45) is 17.8 Å². The fraction of sp³-hybridized carbons (Fsp3) is 1.00. The van der Waals surface area contributed by atoms with Crippen LogP contribution in [0.25, 0.3) is 0 Å². The summed E-state index contributed by atoms with van der Waals surface area (Å²) < 4.78 is 5.94. The summed E-state index contributed by atoms with van der Waals surface area (Å²) in [6, 6.07) is 0. The average Bonchev–Trinajstić information content (AvgIpc) is 2.61. The topological polar surface area (TPSA) is 9.23 Å². The summed E-state index contributed by atoms with van der Waals surface area (Å²) in [6.45, 7) is 5.77. The molecule has 1 heteroatoms. The van der Waals surface area contributed by atoms with E-state index in [0.717, 1.165) is 24.4 Å². The molecular formula is C14H26O. The van der Waals surface area contributed by atoms with Crippen molar-refractivity contribution in [2.45, 2.75) is 64.9 Å². The van der Waals surface area contributed by atoms with E-state index in [2.05, 4.69) is 13.8 Å². The molecular weight excluding hydrogens is 184 g/mol. The molecule has 0 radical (unpaired) electrons. The number of hydrogen-bond acceptors (Lipinski definition) is 1. The average molecular weight is 210 g/mol. The molecule has 15 heavy (non-hydrogen) atoms. The standard InChI is InChI=1S/C14H26O/c1-11(2)14-8-7-12(14)9-10-15-13-5-3-4-6-13/h11-14H,3-10H2,1-2H3. The normalized spacial score (nSPS) is 32.2. The van der Waals surface area contributed by atoms with Crippen LogP contribution in [0.4, 0.5) is 0 Å². The minimum Gasteiger partial charge on any atom is -0.378 e. The van der Waals surface area contributed by atoms with Gasteiger partial charge in [0.25, 0.3) is 0 Å². The lowest BCUT2D eigenvalue weighted by Gasteiger charge is -2.39. The van der Waals surface area contributed by atoms with Gasteiger partial charge in [0.15, 0.2) is 0 Å². The van der Waals surface area contributed by atoms with Gasteiger partial charge in [-0.2, -0.15) is 0 Å². The predicted molar refractivity (Wildman–Crippen MR) is 63.9 cm³/mol. The molecule has 2 aliphatic carbocycles. The van der Waals surface area contributed by atoms with E-state index < -0.39 is 0 Å². The van der Waals surface area contributed by atoms with Gasteiger partial charge < -0.3 is 4.74 Å². The van der Waals surface area contributed by atoms with Crippen LogP contribution in [-0.2, 0) is 4.74 Å². The molecule has 2 atom stereocenters. The van der Waals surface area contributed by atoms with Crippen molar-refractivity contribution in [1.29, 1.82) is 0 Å². The van der Waals surface area contributed by atoms with Crippen LogP contribution in [0.2, 0.25) is 0 Å². The monoisotopic (exact) mass is 210 g/mol. The molecule has 0 spiro atoms. The molecule has 0 aromatic heterocycles. The second-order valence-corrected chi connectivity index (χ2v) is 5.81. The molecule has 2 saturated carbocycles. The Morgan fingerprint density at radius 3 is 2.33 bits per heavy atom. The Balaban J connectivity index is 1.57. The molecule has 1 nitrogen and oxygen atoms in total. The van der Waals surface area contributed by atoms with Crippen molar-refractivity contribution in [2.75, 3.05) is 6.61 Å². The minimum atomic E-state index is 0.613. The van der Waals surface area contributed by atoms with Gasteiger partial charge in [0.1, 0.15) is 0 Å². The van der Waals surface area contributed by atoms with Crippen LogP contribution < -0.4 is 0 Å². The fourth-order valence-corrected chi connectivity index (χ4v) is 3.27. The Morgan fingerprint density at radius 1 is 1.07 bits per heavy atom. The van der Waals surface area contributed by atoms with Crippen molar-refractivity contribution in [3.05, 3.63) is 0 Å². The molecule has 0 amide bonds. The molecule has 2 rings (SSSR count). The van der Waals surface area contributed by atoms with Crippen LogP contribution in [0.5, 0.6) is 0 Å². The molecule has 2 fully saturated rings. The summed E-state index contributed by atoms with van der Waals surface area (Å²) in [4.78, 5) is 0. The van der Waals surface area contributed by atoms with E-state index in [1.165, 1.54) is 44.9 Å². The minimum absolute atomic E-state index is 0.613. The highest BCUT2D eigenvalue weighted by molar-refractivity contribution is 4.82. The maximum Gasteiger partial charge on any atom is 0.0575 e. The smallest absolute Gasteiger partial charge is 0.0575 e. The summed E-state index contributed by atoms with van der Waals surface area (Å²) in [5.41, 5.74) is 0. The first-order valence-corrected chi connectivity index (χ1v) is 6.89. The molecule has 2 unspecified atom stereocenters. The molecule has 2 aliphatic rings. The molecule has 0 aromatic carbocycles. The van der Waals surface area contributed by atoms with Gasteiger partial charge >= 0.3 is 0 Å². The molecule has 88 valence electrons. The fourth-order valence-electron chi connectivity index (χ4n) is 3.27. The summed E-state index contributed by atoms with van der Waals surface area (Å²) in [5.74, 6) is 2.86. The SMILES string of the molecule is CC(C)C1CCC1CCOC1CCCC1. The Hall–Kier alpha value is -0.0400.